The van der Waals surface area contributed by atoms with Crippen molar-refractivity contribution in [1.82, 2.24) is 9.88 Å². The van der Waals surface area contributed by atoms with Gasteiger partial charge in [0.15, 0.2) is 0 Å². The minimum absolute atomic E-state index is 0.0998. The summed E-state index contributed by atoms with van der Waals surface area (Å²) in [5.41, 5.74) is 6.22. The smallest absolute Gasteiger partial charge is 0.261 e. The fraction of sp³-hybridized carbons (Fsp3) is 0.231. The van der Waals surface area contributed by atoms with E-state index in [0.717, 1.165) is 41.0 Å². The van der Waals surface area contributed by atoms with Crippen LogP contribution in [0.25, 0.3) is 11.8 Å². The van der Waals surface area contributed by atoms with Crippen LogP contribution in [0.2, 0.25) is 5.02 Å². The predicted molar refractivity (Wildman–Crippen MR) is 126 cm³/mol. The topological polar surface area (TPSA) is 57.8 Å². The van der Waals surface area contributed by atoms with Crippen molar-refractivity contribution >= 4 is 23.6 Å². The molecule has 0 saturated heterocycles. The zero-order valence-corrected chi connectivity index (χ0v) is 18.8. The van der Waals surface area contributed by atoms with Crippen LogP contribution in [-0.4, -0.2) is 17.0 Å². The normalized spacial score (nSPS) is 11.3. The van der Waals surface area contributed by atoms with Gasteiger partial charge in [0, 0.05) is 28.6 Å². The number of nitriles is 1. The Morgan fingerprint density at radius 3 is 2.58 bits per heavy atom. The highest BCUT2D eigenvalue weighted by Gasteiger charge is 2.15. The van der Waals surface area contributed by atoms with E-state index in [2.05, 4.69) is 22.0 Å². The van der Waals surface area contributed by atoms with Gasteiger partial charge >= 0.3 is 0 Å². The SMILES string of the molecule is Cc1ccc(Cl)cc1-n1c(C)cc(/C=C(/C#N)C(=O)NCCCc2ccccc2)c1C. The molecule has 0 bridgehead atoms. The Labute approximate surface area is 188 Å². The zero-order valence-electron chi connectivity index (χ0n) is 18.1. The first-order chi connectivity index (χ1) is 14.9. The van der Waals surface area contributed by atoms with Crippen LogP contribution in [0.1, 0.15) is 34.5 Å². The number of nitrogens with zero attached hydrogens (tertiary/aromatic N) is 2. The summed E-state index contributed by atoms with van der Waals surface area (Å²) >= 11 is 6.20. The maximum Gasteiger partial charge on any atom is 0.261 e. The molecular weight excluding hydrogens is 406 g/mol. The van der Waals surface area contributed by atoms with Crippen molar-refractivity contribution in [3.63, 3.8) is 0 Å². The van der Waals surface area contributed by atoms with Crippen LogP contribution in [0, 0.1) is 32.1 Å². The van der Waals surface area contributed by atoms with Gasteiger partial charge in [-0.05, 0) is 74.6 Å². The lowest BCUT2D eigenvalue weighted by molar-refractivity contribution is -0.117. The summed E-state index contributed by atoms with van der Waals surface area (Å²) < 4.78 is 2.10. The van der Waals surface area contributed by atoms with E-state index in [9.17, 15) is 10.1 Å². The van der Waals surface area contributed by atoms with Crippen LogP contribution in [-0.2, 0) is 11.2 Å². The van der Waals surface area contributed by atoms with Gasteiger partial charge in [0.05, 0.1) is 0 Å². The van der Waals surface area contributed by atoms with Gasteiger partial charge in [-0.15, -0.1) is 0 Å². The van der Waals surface area contributed by atoms with Crippen molar-refractivity contribution in [2.24, 2.45) is 0 Å². The van der Waals surface area contributed by atoms with Crippen LogP contribution in [0.15, 0.2) is 60.2 Å². The minimum Gasteiger partial charge on any atom is -0.351 e. The van der Waals surface area contributed by atoms with E-state index in [0.29, 0.717) is 11.6 Å². The summed E-state index contributed by atoms with van der Waals surface area (Å²) in [6.45, 7) is 6.53. The summed E-state index contributed by atoms with van der Waals surface area (Å²) in [5, 5.41) is 13.1. The van der Waals surface area contributed by atoms with E-state index >= 15 is 0 Å². The number of carbonyl (C=O) groups is 1. The van der Waals surface area contributed by atoms with E-state index in [-0.39, 0.29) is 11.5 Å². The number of carbonyl (C=O) groups excluding carboxylic acids is 1. The highest BCUT2D eigenvalue weighted by molar-refractivity contribution is 6.30. The molecule has 0 saturated carbocycles. The number of rotatable bonds is 7. The van der Waals surface area contributed by atoms with E-state index < -0.39 is 0 Å². The number of hydrogen-bond acceptors (Lipinski definition) is 2. The molecule has 0 radical (unpaired) electrons. The summed E-state index contributed by atoms with van der Waals surface area (Å²) in [7, 11) is 0. The van der Waals surface area contributed by atoms with Gasteiger partial charge < -0.3 is 9.88 Å². The fourth-order valence-electron chi connectivity index (χ4n) is 3.67. The first-order valence-corrected chi connectivity index (χ1v) is 10.7. The molecule has 0 aliphatic carbocycles. The maximum absolute atomic E-state index is 12.5. The number of halogens is 1. The first kappa shape index (κ1) is 22.4. The molecule has 0 aliphatic heterocycles. The predicted octanol–water partition coefficient (Wildman–Crippen LogP) is 5.71. The fourth-order valence-corrected chi connectivity index (χ4v) is 3.83. The second-order valence-electron chi connectivity index (χ2n) is 7.61. The Balaban J connectivity index is 1.74. The molecule has 31 heavy (non-hydrogen) atoms. The Kier molecular flexibility index (Phi) is 7.33. The van der Waals surface area contributed by atoms with Crippen molar-refractivity contribution < 1.29 is 4.79 Å². The van der Waals surface area contributed by atoms with E-state index in [1.54, 1.807) is 6.08 Å². The number of hydrogen-bond donors (Lipinski definition) is 1. The van der Waals surface area contributed by atoms with Gasteiger partial charge in [-0.3, -0.25) is 4.79 Å². The van der Waals surface area contributed by atoms with Gasteiger partial charge in [0.25, 0.3) is 5.91 Å². The monoisotopic (exact) mass is 431 g/mol. The van der Waals surface area contributed by atoms with Crippen LogP contribution >= 0.6 is 11.6 Å². The molecule has 1 heterocycles. The van der Waals surface area contributed by atoms with Gasteiger partial charge in [-0.25, -0.2) is 0 Å². The van der Waals surface area contributed by atoms with Crippen molar-refractivity contribution in [1.29, 1.82) is 5.26 Å². The molecule has 0 fully saturated rings. The van der Waals surface area contributed by atoms with Crippen LogP contribution in [0.5, 0.6) is 0 Å². The van der Waals surface area contributed by atoms with Gasteiger partial charge in [-0.1, -0.05) is 48.0 Å². The largest absolute Gasteiger partial charge is 0.351 e. The quantitative estimate of drug-likeness (QED) is 0.296. The molecule has 1 amide bonds. The molecule has 4 nitrogen and oxygen atoms in total. The number of aryl methyl sites for hydroxylation is 3. The Bertz CT molecular complexity index is 1150. The third-order valence-electron chi connectivity index (χ3n) is 5.32. The number of nitrogens with one attached hydrogen (secondary N) is 1. The Morgan fingerprint density at radius 1 is 1.13 bits per heavy atom. The number of aromatic nitrogens is 1. The molecule has 0 aliphatic rings. The maximum atomic E-state index is 12.5. The average Bonchev–Trinajstić information content (AvgIpc) is 3.04. The summed E-state index contributed by atoms with van der Waals surface area (Å²) in [6.07, 6.45) is 3.36. The Hall–Kier alpha value is -3.29. The molecule has 0 spiro atoms. The molecule has 5 heteroatoms. The van der Waals surface area contributed by atoms with Gasteiger partial charge in [0.2, 0.25) is 0 Å². The number of amides is 1. The molecule has 2 aromatic carbocycles. The van der Waals surface area contributed by atoms with E-state index in [4.69, 9.17) is 11.6 Å². The lowest BCUT2D eigenvalue weighted by Gasteiger charge is -2.13. The molecule has 1 N–H and O–H groups in total. The van der Waals surface area contributed by atoms with Crippen LogP contribution < -0.4 is 5.32 Å². The summed E-state index contributed by atoms with van der Waals surface area (Å²) in [6, 6.07) is 19.9. The van der Waals surface area contributed by atoms with Crippen molar-refractivity contribution in [2.75, 3.05) is 6.54 Å². The van der Waals surface area contributed by atoms with Gasteiger partial charge in [0.1, 0.15) is 11.6 Å². The van der Waals surface area contributed by atoms with Crippen molar-refractivity contribution in [3.05, 3.63) is 93.3 Å². The third-order valence-corrected chi connectivity index (χ3v) is 5.55. The molecule has 3 aromatic rings. The van der Waals surface area contributed by atoms with E-state index in [1.807, 2.05) is 69.3 Å². The Morgan fingerprint density at radius 2 is 1.87 bits per heavy atom. The van der Waals surface area contributed by atoms with Crippen LogP contribution in [0.3, 0.4) is 0 Å². The summed E-state index contributed by atoms with van der Waals surface area (Å²) in [4.78, 5) is 12.5. The zero-order chi connectivity index (χ0) is 22.4. The van der Waals surface area contributed by atoms with Crippen molar-refractivity contribution in [3.8, 4) is 11.8 Å². The molecule has 158 valence electrons. The van der Waals surface area contributed by atoms with Gasteiger partial charge in [-0.2, -0.15) is 5.26 Å². The highest BCUT2D eigenvalue weighted by atomic mass is 35.5. The lowest BCUT2D eigenvalue weighted by atomic mass is 10.1. The molecule has 0 unspecified atom stereocenters. The summed E-state index contributed by atoms with van der Waals surface area (Å²) in [5.74, 6) is -0.348. The molecule has 3 rings (SSSR count). The van der Waals surface area contributed by atoms with Crippen molar-refractivity contribution in [2.45, 2.75) is 33.6 Å². The molecule has 1 aromatic heterocycles. The number of benzene rings is 2. The highest BCUT2D eigenvalue weighted by Crippen LogP contribution is 2.27. The lowest BCUT2D eigenvalue weighted by Crippen LogP contribution is -2.25. The third kappa shape index (κ3) is 5.45. The average molecular weight is 432 g/mol. The minimum atomic E-state index is -0.348. The second-order valence-corrected chi connectivity index (χ2v) is 8.04. The second kappa shape index (κ2) is 10.1. The van der Waals surface area contributed by atoms with E-state index in [1.165, 1.54) is 5.56 Å². The standard InChI is InChI=1S/C26H26ClN3O/c1-18-11-12-24(27)16-25(18)30-19(2)14-22(20(30)3)15-23(17-28)26(31)29-13-7-10-21-8-5-4-6-9-21/h4-6,8-9,11-12,14-16H,7,10,13H2,1-3H3,(H,29,31)/b23-15-. The molecular formula is C26H26ClN3O. The first-order valence-electron chi connectivity index (χ1n) is 10.3. The molecule has 0 atom stereocenters. The van der Waals surface area contributed by atoms with Crippen LogP contribution in [0.4, 0.5) is 0 Å².